The number of hydrogen-bond donors (Lipinski definition) is 0. The lowest BCUT2D eigenvalue weighted by Crippen LogP contribution is -1.92. The summed E-state index contributed by atoms with van der Waals surface area (Å²) >= 11 is 0. The molecule has 0 atom stereocenters. The second-order valence-corrected chi connectivity index (χ2v) is 9.25. The SMILES string of the molecule is CCCCCCCCCCCCCCCCCCCCC[CH]OCCCCCC. The summed E-state index contributed by atoms with van der Waals surface area (Å²) in [5.41, 5.74) is 0. The molecule has 175 valence electrons. The summed E-state index contributed by atoms with van der Waals surface area (Å²) in [5, 5.41) is 0. The molecule has 0 bridgehead atoms. The summed E-state index contributed by atoms with van der Waals surface area (Å²) in [6, 6.07) is 0. The van der Waals surface area contributed by atoms with Gasteiger partial charge in [-0.05, 0) is 12.8 Å². The molecule has 1 radical (unpaired) electrons. The van der Waals surface area contributed by atoms with E-state index >= 15 is 0 Å². The average Bonchev–Trinajstić information content (AvgIpc) is 2.74. The molecule has 0 aliphatic rings. The second kappa shape index (κ2) is 28.0. The molecule has 0 aromatic carbocycles. The van der Waals surface area contributed by atoms with Crippen molar-refractivity contribution in [1.82, 2.24) is 0 Å². The molecule has 0 N–H and O–H groups in total. The van der Waals surface area contributed by atoms with Crippen molar-refractivity contribution < 1.29 is 4.74 Å². The van der Waals surface area contributed by atoms with Gasteiger partial charge in [0, 0.05) is 6.61 Å². The molecule has 1 heteroatoms. The Morgan fingerprint density at radius 1 is 0.379 bits per heavy atom. The number of ether oxygens (including phenoxy) is 1. The van der Waals surface area contributed by atoms with Gasteiger partial charge in [0.1, 0.15) is 0 Å². The van der Waals surface area contributed by atoms with Crippen molar-refractivity contribution in [2.45, 2.75) is 168 Å². The Bertz CT molecular complexity index is 237. The fourth-order valence-corrected chi connectivity index (χ4v) is 4.08. The van der Waals surface area contributed by atoms with Crippen LogP contribution in [0.4, 0.5) is 0 Å². The topological polar surface area (TPSA) is 9.23 Å². The normalized spacial score (nSPS) is 11.4. The smallest absolute Gasteiger partial charge is 0.0836 e. The van der Waals surface area contributed by atoms with Crippen LogP contribution in [0.15, 0.2) is 0 Å². The van der Waals surface area contributed by atoms with Crippen LogP contribution in [0.3, 0.4) is 0 Å². The van der Waals surface area contributed by atoms with Gasteiger partial charge in [0.05, 0.1) is 6.61 Å². The molecule has 0 unspecified atom stereocenters. The van der Waals surface area contributed by atoms with Gasteiger partial charge in [-0.3, -0.25) is 0 Å². The van der Waals surface area contributed by atoms with E-state index in [2.05, 4.69) is 20.5 Å². The summed E-state index contributed by atoms with van der Waals surface area (Å²) < 4.78 is 5.59. The van der Waals surface area contributed by atoms with Gasteiger partial charge >= 0.3 is 0 Å². The summed E-state index contributed by atoms with van der Waals surface area (Å²) in [6.07, 6.45) is 33.9. The van der Waals surface area contributed by atoms with Crippen molar-refractivity contribution >= 4 is 0 Å². The first-order valence-corrected chi connectivity index (χ1v) is 13.8. The van der Waals surface area contributed by atoms with Crippen molar-refractivity contribution in [3.05, 3.63) is 6.61 Å². The Labute approximate surface area is 186 Å². The van der Waals surface area contributed by atoms with Crippen LogP contribution in [0.5, 0.6) is 0 Å². The molecule has 0 aromatic rings. The van der Waals surface area contributed by atoms with Crippen LogP contribution in [0.25, 0.3) is 0 Å². The number of rotatable bonds is 26. The molecule has 1 nitrogen and oxygen atoms in total. The molecule has 0 rings (SSSR count). The van der Waals surface area contributed by atoms with Crippen LogP contribution in [0.1, 0.15) is 168 Å². The van der Waals surface area contributed by atoms with E-state index < -0.39 is 0 Å². The minimum Gasteiger partial charge on any atom is -0.376 e. The average molecular weight is 410 g/mol. The highest BCUT2D eigenvalue weighted by Gasteiger charge is 1.96. The second-order valence-electron chi connectivity index (χ2n) is 9.25. The third kappa shape index (κ3) is 28.0. The quantitative estimate of drug-likeness (QED) is 0.129. The first kappa shape index (κ1) is 29.0. The highest BCUT2D eigenvalue weighted by Crippen LogP contribution is 2.15. The molecule has 0 aliphatic heterocycles. The fraction of sp³-hybridized carbons (Fsp3) is 0.964. The van der Waals surface area contributed by atoms with Gasteiger partial charge in [-0.2, -0.15) is 0 Å². The molecule has 0 heterocycles. The monoisotopic (exact) mass is 409 g/mol. The van der Waals surface area contributed by atoms with Gasteiger partial charge in [-0.25, -0.2) is 0 Å². The van der Waals surface area contributed by atoms with Crippen LogP contribution in [-0.4, -0.2) is 6.61 Å². The molecular formula is C28H57O. The summed E-state index contributed by atoms with van der Waals surface area (Å²) in [4.78, 5) is 0. The van der Waals surface area contributed by atoms with Crippen molar-refractivity contribution in [3.8, 4) is 0 Å². The largest absolute Gasteiger partial charge is 0.376 e. The Morgan fingerprint density at radius 2 is 0.690 bits per heavy atom. The zero-order valence-electron chi connectivity index (χ0n) is 20.7. The van der Waals surface area contributed by atoms with Crippen molar-refractivity contribution in [1.29, 1.82) is 0 Å². The standard InChI is InChI=1S/C28H57O/c1-3-5-7-9-10-11-12-13-14-15-16-17-18-19-20-21-22-23-24-26-28-29-27-25-8-6-4-2/h28H,3-27H2,1-2H3. The highest BCUT2D eigenvalue weighted by atomic mass is 16.5. The molecule has 29 heavy (non-hydrogen) atoms. The zero-order chi connectivity index (χ0) is 21.1. The molecule has 0 saturated heterocycles. The van der Waals surface area contributed by atoms with Gasteiger partial charge < -0.3 is 4.74 Å². The van der Waals surface area contributed by atoms with E-state index in [9.17, 15) is 0 Å². The molecule has 0 spiro atoms. The Morgan fingerprint density at radius 3 is 1.07 bits per heavy atom. The lowest BCUT2D eigenvalue weighted by Gasteiger charge is -2.04. The maximum absolute atomic E-state index is 5.59. The maximum atomic E-state index is 5.59. The fourth-order valence-electron chi connectivity index (χ4n) is 4.08. The third-order valence-electron chi connectivity index (χ3n) is 6.16. The van der Waals surface area contributed by atoms with Gasteiger partial charge in [0.25, 0.3) is 0 Å². The minimum atomic E-state index is 0.930. The van der Waals surface area contributed by atoms with E-state index in [0.29, 0.717) is 0 Å². The number of hydrogen-bond acceptors (Lipinski definition) is 1. The van der Waals surface area contributed by atoms with Crippen molar-refractivity contribution in [2.24, 2.45) is 0 Å². The van der Waals surface area contributed by atoms with E-state index in [1.54, 1.807) is 0 Å². The lowest BCUT2D eigenvalue weighted by molar-refractivity contribution is 0.184. The summed E-state index contributed by atoms with van der Waals surface area (Å²) in [6.45, 7) is 7.54. The maximum Gasteiger partial charge on any atom is 0.0836 e. The van der Waals surface area contributed by atoms with Gasteiger partial charge in [0.2, 0.25) is 0 Å². The van der Waals surface area contributed by atoms with Crippen molar-refractivity contribution in [2.75, 3.05) is 6.61 Å². The Balaban J connectivity index is 2.97. The molecule has 0 amide bonds. The first-order valence-electron chi connectivity index (χ1n) is 13.8. The van der Waals surface area contributed by atoms with Gasteiger partial charge in [-0.15, -0.1) is 0 Å². The molecule has 0 fully saturated rings. The van der Waals surface area contributed by atoms with E-state index in [-0.39, 0.29) is 0 Å². The highest BCUT2D eigenvalue weighted by molar-refractivity contribution is 4.54. The summed E-state index contributed by atoms with van der Waals surface area (Å²) in [5.74, 6) is 0. The minimum absolute atomic E-state index is 0.930. The molecule has 0 aliphatic carbocycles. The predicted molar refractivity (Wildman–Crippen MR) is 132 cm³/mol. The zero-order valence-corrected chi connectivity index (χ0v) is 20.7. The number of unbranched alkanes of at least 4 members (excludes halogenated alkanes) is 22. The van der Waals surface area contributed by atoms with Crippen LogP contribution < -0.4 is 0 Å². The van der Waals surface area contributed by atoms with Crippen molar-refractivity contribution in [3.63, 3.8) is 0 Å². The van der Waals surface area contributed by atoms with E-state index in [1.807, 2.05) is 0 Å². The van der Waals surface area contributed by atoms with Gasteiger partial charge in [-0.1, -0.05) is 155 Å². The predicted octanol–water partition coefficient (Wildman–Crippen LogP) is 10.6. The van der Waals surface area contributed by atoms with Gasteiger partial charge in [0.15, 0.2) is 0 Å². The van der Waals surface area contributed by atoms with E-state index in [0.717, 1.165) is 13.0 Å². The Hall–Kier alpha value is -0.0400. The van der Waals surface area contributed by atoms with Crippen LogP contribution >= 0.6 is 0 Å². The molecule has 0 aromatic heterocycles. The van der Waals surface area contributed by atoms with Crippen LogP contribution in [0.2, 0.25) is 0 Å². The molecule has 0 saturated carbocycles. The van der Waals surface area contributed by atoms with E-state index in [1.165, 1.54) is 148 Å². The first-order chi connectivity index (χ1) is 14.4. The Kier molecular flexibility index (Phi) is 27.9. The van der Waals surface area contributed by atoms with Crippen LogP contribution in [0, 0.1) is 6.61 Å². The van der Waals surface area contributed by atoms with E-state index in [4.69, 9.17) is 4.74 Å². The van der Waals surface area contributed by atoms with Crippen LogP contribution in [-0.2, 0) is 4.74 Å². The lowest BCUT2D eigenvalue weighted by atomic mass is 10.0. The molecular weight excluding hydrogens is 352 g/mol. The third-order valence-corrected chi connectivity index (χ3v) is 6.16. The summed E-state index contributed by atoms with van der Waals surface area (Å²) in [7, 11) is 0.